The fraction of sp³-hybridized carbons (Fsp3) is 0. The molecule has 7 aromatic rings. The SMILES string of the molecule is N#Cc1ccc(-c2ccc(-c3cc(-c4ccccc4)c4nc(-c5ccccc5N=Cc5cc(I)ccc5O)sc4c3)cc2)cc1. The van der Waals surface area contributed by atoms with Gasteiger partial charge in [0, 0.05) is 26.5 Å². The van der Waals surface area contributed by atoms with Gasteiger partial charge in [0.05, 0.1) is 27.5 Å². The Morgan fingerprint density at radius 3 is 2.09 bits per heavy atom. The largest absolute Gasteiger partial charge is 0.507 e. The standard InChI is InChI=1S/C39H24IN3OS/c40-32-18-19-36(44)31(20-32)24-42-35-9-5-4-8-33(35)39-43-38-34(29-6-2-1-3-7-29)21-30(22-37(38)45-39)28-16-14-27(15-17-28)26-12-10-25(23-41)11-13-26/h1-22,24,44H. The van der Waals surface area contributed by atoms with Crippen molar-refractivity contribution >= 4 is 56.0 Å². The molecule has 0 radical (unpaired) electrons. The number of halogens is 1. The number of thiazole rings is 1. The van der Waals surface area contributed by atoms with Gasteiger partial charge in [-0.2, -0.15) is 5.26 Å². The van der Waals surface area contributed by atoms with Crippen LogP contribution in [-0.2, 0) is 0 Å². The van der Waals surface area contributed by atoms with Crippen LogP contribution in [0.3, 0.4) is 0 Å². The number of rotatable bonds is 6. The molecule has 4 nitrogen and oxygen atoms in total. The molecule has 0 bridgehead atoms. The van der Waals surface area contributed by atoms with E-state index < -0.39 is 0 Å². The number of hydrogen-bond donors (Lipinski definition) is 1. The van der Waals surface area contributed by atoms with E-state index in [0.29, 0.717) is 11.1 Å². The van der Waals surface area contributed by atoms with Crippen LogP contribution >= 0.6 is 33.9 Å². The second-order valence-electron chi connectivity index (χ2n) is 10.5. The maximum Gasteiger partial charge on any atom is 0.126 e. The van der Waals surface area contributed by atoms with E-state index >= 15 is 0 Å². The molecular weight excluding hydrogens is 685 g/mol. The van der Waals surface area contributed by atoms with Gasteiger partial charge in [-0.1, -0.05) is 78.9 Å². The van der Waals surface area contributed by atoms with Gasteiger partial charge in [-0.3, -0.25) is 4.99 Å². The lowest BCUT2D eigenvalue weighted by Gasteiger charge is -2.09. The molecule has 45 heavy (non-hydrogen) atoms. The van der Waals surface area contributed by atoms with E-state index in [9.17, 15) is 5.11 Å². The topological polar surface area (TPSA) is 69.3 Å². The van der Waals surface area contributed by atoms with Crippen LogP contribution in [0.2, 0.25) is 0 Å². The molecule has 0 aliphatic heterocycles. The van der Waals surface area contributed by atoms with Gasteiger partial charge in [0.1, 0.15) is 10.8 Å². The van der Waals surface area contributed by atoms with Gasteiger partial charge < -0.3 is 5.11 Å². The summed E-state index contributed by atoms with van der Waals surface area (Å²) in [4.78, 5) is 9.96. The maximum absolute atomic E-state index is 10.3. The summed E-state index contributed by atoms with van der Waals surface area (Å²) >= 11 is 3.88. The van der Waals surface area contributed by atoms with E-state index in [-0.39, 0.29) is 5.75 Å². The number of nitrogens with zero attached hydrogens (tertiary/aromatic N) is 3. The number of benzene rings is 6. The highest BCUT2D eigenvalue weighted by molar-refractivity contribution is 14.1. The minimum atomic E-state index is 0.196. The molecule has 214 valence electrons. The van der Waals surface area contributed by atoms with Crippen molar-refractivity contribution in [3.05, 3.63) is 148 Å². The highest BCUT2D eigenvalue weighted by Crippen LogP contribution is 2.41. The first-order valence-electron chi connectivity index (χ1n) is 14.3. The van der Waals surface area contributed by atoms with Gasteiger partial charge in [-0.15, -0.1) is 11.3 Å². The molecule has 0 aliphatic rings. The number of phenolic OH excluding ortho intramolecular Hbond substituents is 1. The Labute approximate surface area is 278 Å². The summed E-state index contributed by atoms with van der Waals surface area (Å²) in [6, 6.07) is 46.7. The van der Waals surface area contributed by atoms with Gasteiger partial charge in [-0.25, -0.2) is 4.98 Å². The van der Waals surface area contributed by atoms with Gasteiger partial charge in [0.15, 0.2) is 0 Å². The fourth-order valence-electron chi connectivity index (χ4n) is 5.28. The van der Waals surface area contributed by atoms with Crippen LogP contribution < -0.4 is 0 Å². The lowest BCUT2D eigenvalue weighted by Crippen LogP contribution is -1.86. The van der Waals surface area contributed by atoms with E-state index in [1.807, 2.05) is 66.7 Å². The molecule has 0 aliphatic carbocycles. The quantitative estimate of drug-likeness (QED) is 0.138. The molecule has 6 heteroatoms. The molecule has 0 spiro atoms. The third kappa shape index (κ3) is 6.01. The third-order valence-corrected chi connectivity index (χ3v) is 9.32. The summed E-state index contributed by atoms with van der Waals surface area (Å²) in [6.45, 7) is 0. The molecule has 0 unspecified atom stereocenters. The number of aromatic hydroxyl groups is 1. The molecule has 1 heterocycles. The van der Waals surface area contributed by atoms with Gasteiger partial charge >= 0.3 is 0 Å². The highest BCUT2D eigenvalue weighted by Gasteiger charge is 2.16. The van der Waals surface area contributed by atoms with Gasteiger partial charge in [-0.05, 0) is 105 Å². The van der Waals surface area contributed by atoms with Crippen molar-refractivity contribution < 1.29 is 5.11 Å². The zero-order valence-electron chi connectivity index (χ0n) is 23.9. The Balaban J connectivity index is 1.31. The Morgan fingerprint density at radius 1 is 0.689 bits per heavy atom. The Kier molecular flexibility index (Phi) is 7.95. The van der Waals surface area contributed by atoms with E-state index in [0.717, 1.165) is 63.4 Å². The first kappa shape index (κ1) is 28.7. The summed E-state index contributed by atoms with van der Waals surface area (Å²) < 4.78 is 2.12. The van der Waals surface area contributed by atoms with Crippen molar-refractivity contribution in [2.75, 3.05) is 0 Å². The zero-order valence-corrected chi connectivity index (χ0v) is 26.8. The minimum absolute atomic E-state index is 0.196. The Hall–Kier alpha value is -5.10. The lowest BCUT2D eigenvalue weighted by atomic mass is 9.96. The van der Waals surface area contributed by atoms with Crippen LogP contribution in [0.25, 0.3) is 54.2 Å². The lowest BCUT2D eigenvalue weighted by molar-refractivity contribution is 0.474. The number of aliphatic imine (C=N–C) groups is 1. The highest BCUT2D eigenvalue weighted by atomic mass is 127. The van der Waals surface area contributed by atoms with E-state index in [4.69, 9.17) is 15.2 Å². The molecular formula is C39H24IN3OS. The molecule has 6 aromatic carbocycles. The van der Waals surface area contributed by atoms with E-state index in [1.54, 1.807) is 23.6 Å². The second-order valence-corrected chi connectivity index (χ2v) is 12.8. The van der Waals surface area contributed by atoms with Crippen LogP contribution in [0, 0.1) is 14.9 Å². The first-order chi connectivity index (χ1) is 22.1. The average Bonchev–Trinajstić information content (AvgIpc) is 3.53. The summed E-state index contributed by atoms with van der Waals surface area (Å²) in [7, 11) is 0. The molecule has 0 saturated carbocycles. The van der Waals surface area contributed by atoms with Crippen molar-refractivity contribution in [1.29, 1.82) is 5.26 Å². The molecule has 7 rings (SSSR count). The smallest absolute Gasteiger partial charge is 0.126 e. The Morgan fingerprint density at radius 2 is 1.36 bits per heavy atom. The number of aromatic nitrogens is 1. The summed E-state index contributed by atoms with van der Waals surface area (Å²) in [6.07, 6.45) is 1.71. The Bertz CT molecular complexity index is 2230. The van der Waals surface area contributed by atoms with Crippen LogP contribution in [0.4, 0.5) is 5.69 Å². The first-order valence-corrected chi connectivity index (χ1v) is 16.2. The predicted molar refractivity (Wildman–Crippen MR) is 194 cm³/mol. The second kappa shape index (κ2) is 12.5. The zero-order chi connectivity index (χ0) is 30.8. The number of phenols is 1. The number of para-hydroxylation sites is 1. The van der Waals surface area contributed by atoms with Crippen LogP contribution in [-0.4, -0.2) is 16.3 Å². The fourth-order valence-corrected chi connectivity index (χ4v) is 6.86. The van der Waals surface area contributed by atoms with Crippen LogP contribution in [0.1, 0.15) is 11.1 Å². The number of hydrogen-bond acceptors (Lipinski definition) is 5. The van der Waals surface area contributed by atoms with Crippen molar-refractivity contribution in [3.8, 4) is 55.8 Å². The van der Waals surface area contributed by atoms with Gasteiger partial charge in [0.2, 0.25) is 0 Å². The molecule has 0 fully saturated rings. The van der Waals surface area contributed by atoms with Gasteiger partial charge in [0.25, 0.3) is 0 Å². The maximum atomic E-state index is 10.3. The molecule has 0 atom stereocenters. The molecule has 1 aromatic heterocycles. The van der Waals surface area contributed by atoms with Crippen molar-refractivity contribution in [2.45, 2.75) is 0 Å². The van der Waals surface area contributed by atoms with Crippen molar-refractivity contribution in [2.24, 2.45) is 4.99 Å². The van der Waals surface area contributed by atoms with Crippen LogP contribution in [0.15, 0.2) is 138 Å². The summed E-state index contributed by atoms with van der Waals surface area (Å²) in [5.41, 5.74) is 10.6. The summed E-state index contributed by atoms with van der Waals surface area (Å²) in [5.74, 6) is 0.196. The predicted octanol–water partition coefficient (Wildman–Crippen LogP) is 10.9. The van der Waals surface area contributed by atoms with E-state index in [1.165, 1.54) is 0 Å². The normalized spacial score (nSPS) is 11.2. The molecule has 0 saturated heterocycles. The number of nitriles is 1. The molecule has 0 amide bonds. The van der Waals surface area contributed by atoms with E-state index in [2.05, 4.69) is 89.3 Å². The van der Waals surface area contributed by atoms with Crippen LogP contribution in [0.5, 0.6) is 5.75 Å². The number of fused-ring (bicyclic) bond motifs is 1. The average molecular weight is 710 g/mol. The minimum Gasteiger partial charge on any atom is -0.507 e. The monoisotopic (exact) mass is 709 g/mol. The third-order valence-electron chi connectivity index (χ3n) is 7.61. The summed E-state index contributed by atoms with van der Waals surface area (Å²) in [5, 5.41) is 20.4. The van der Waals surface area contributed by atoms with Crippen molar-refractivity contribution in [3.63, 3.8) is 0 Å². The molecule has 1 N–H and O–H groups in total. The van der Waals surface area contributed by atoms with Crippen molar-refractivity contribution in [1.82, 2.24) is 4.98 Å².